The van der Waals surface area contributed by atoms with Crippen molar-refractivity contribution in [3.05, 3.63) is 42.4 Å². The number of ether oxygens (including phenoxy) is 1. The Morgan fingerprint density at radius 1 is 1.38 bits per heavy atom. The van der Waals surface area contributed by atoms with Gasteiger partial charge in [-0.05, 0) is 31.9 Å². The highest BCUT2D eigenvalue weighted by Gasteiger charge is 2.17. The molecule has 1 aromatic carbocycles. The van der Waals surface area contributed by atoms with E-state index in [1.807, 2.05) is 0 Å². The minimum absolute atomic E-state index is 0.0508. The van der Waals surface area contributed by atoms with Gasteiger partial charge >= 0.3 is 0 Å². The molecule has 2 rings (SSSR count). The summed E-state index contributed by atoms with van der Waals surface area (Å²) >= 11 is 12.3. The van der Waals surface area contributed by atoms with Gasteiger partial charge in [0.1, 0.15) is 5.02 Å². The van der Waals surface area contributed by atoms with Crippen molar-refractivity contribution in [1.29, 1.82) is 0 Å². The van der Waals surface area contributed by atoms with Crippen molar-refractivity contribution in [2.45, 2.75) is 0 Å². The Morgan fingerprint density at radius 2 is 2.00 bits per heavy atom. The average Bonchev–Trinajstić information content (AvgIpc) is 2.44. The molecular weight excluding hydrogens is 433 g/mol. The van der Waals surface area contributed by atoms with E-state index in [0.29, 0.717) is 8.95 Å². The number of hydrogen-bond acceptors (Lipinski definition) is 7. The van der Waals surface area contributed by atoms with Gasteiger partial charge < -0.3 is 4.74 Å². The van der Waals surface area contributed by atoms with Gasteiger partial charge in [0.2, 0.25) is 11.8 Å². The molecule has 0 aliphatic heterocycles. The summed E-state index contributed by atoms with van der Waals surface area (Å²) in [5.74, 6) is 5.65. The summed E-state index contributed by atoms with van der Waals surface area (Å²) in [7, 11) is 0. The van der Waals surface area contributed by atoms with Crippen molar-refractivity contribution >= 4 is 55.1 Å². The topological polar surface area (TPSA) is 116 Å². The van der Waals surface area contributed by atoms with Crippen LogP contribution in [0.15, 0.2) is 27.3 Å². The fourth-order valence-electron chi connectivity index (χ4n) is 1.34. The number of hydrazine groups is 1. The Hall–Kier alpha value is -1.49. The van der Waals surface area contributed by atoms with Crippen LogP contribution in [0.25, 0.3) is 0 Å². The quantitative estimate of drug-likeness (QED) is 0.424. The number of nitro benzene ring substituents is 1. The maximum atomic E-state index is 10.8. The van der Waals surface area contributed by atoms with Crippen LogP contribution in [0.2, 0.25) is 5.02 Å². The van der Waals surface area contributed by atoms with Crippen LogP contribution >= 0.6 is 43.5 Å². The number of halogens is 3. The molecule has 0 unspecified atom stereocenters. The average molecular weight is 439 g/mol. The number of non-ortho nitro benzene ring substituents is 1. The first-order valence-corrected chi connectivity index (χ1v) is 7.19. The molecule has 21 heavy (non-hydrogen) atoms. The van der Waals surface area contributed by atoms with E-state index in [-0.39, 0.29) is 28.3 Å². The van der Waals surface area contributed by atoms with Crippen molar-refractivity contribution in [2.24, 2.45) is 5.84 Å². The molecule has 0 radical (unpaired) electrons. The lowest BCUT2D eigenvalue weighted by Crippen LogP contribution is -2.10. The molecule has 0 bridgehead atoms. The van der Waals surface area contributed by atoms with Crippen molar-refractivity contribution in [1.82, 2.24) is 9.97 Å². The molecule has 3 N–H and O–H groups in total. The Kier molecular flexibility index (Phi) is 4.93. The van der Waals surface area contributed by atoms with Crippen molar-refractivity contribution in [2.75, 3.05) is 5.43 Å². The zero-order chi connectivity index (χ0) is 15.6. The third-order valence-corrected chi connectivity index (χ3v) is 3.67. The van der Waals surface area contributed by atoms with Crippen LogP contribution in [0, 0.1) is 10.1 Å². The van der Waals surface area contributed by atoms with Gasteiger partial charge in [0.15, 0.2) is 5.75 Å². The van der Waals surface area contributed by atoms with Gasteiger partial charge in [0.25, 0.3) is 5.69 Å². The number of nitrogens with one attached hydrogen (secondary N) is 1. The number of nitrogen functional groups attached to an aromatic ring is 1. The molecule has 1 heterocycles. The number of nitrogens with zero attached hydrogens (tertiary/aromatic N) is 3. The molecule has 0 spiro atoms. The highest BCUT2D eigenvalue weighted by atomic mass is 79.9. The van der Waals surface area contributed by atoms with E-state index < -0.39 is 4.92 Å². The van der Waals surface area contributed by atoms with Crippen LogP contribution in [0.5, 0.6) is 11.6 Å². The minimum atomic E-state index is -0.520. The Bertz CT molecular complexity index is 692. The molecule has 0 fully saturated rings. The molecule has 0 saturated carbocycles. The maximum Gasteiger partial charge on any atom is 0.271 e. The predicted molar refractivity (Wildman–Crippen MR) is 83.4 cm³/mol. The van der Waals surface area contributed by atoms with Crippen LogP contribution in [0.3, 0.4) is 0 Å². The molecule has 8 nitrogen and oxygen atoms in total. The summed E-state index contributed by atoms with van der Waals surface area (Å²) in [6, 6.07) is 2.61. The molecule has 0 atom stereocenters. The van der Waals surface area contributed by atoms with E-state index in [1.165, 1.54) is 18.3 Å². The van der Waals surface area contributed by atoms with E-state index in [0.717, 1.165) is 0 Å². The Morgan fingerprint density at radius 3 is 2.52 bits per heavy atom. The van der Waals surface area contributed by atoms with E-state index in [1.54, 1.807) is 0 Å². The molecule has 0 amide bonds. The van der Waals surface area contributed by atoms with E-state index in [4.69, 9.17) is 22.2 Å². The minimum Gasteiger partial charge on any atom is -0.435 e. The van der Waals surface area contributed by atoms with Gasteiger partial charge in [-0.2, -0.15) is 4.98 Å². The lowest BCUT2D eigenvalue weighted by Gasteiger charge is -2.10. The van der Waals surface area contributed by atoms with Crippen molar-refractivity contribution in [3.63, 3.8) is 0 Å². The molecule has 1 aromatic heterocycles. The Labute approximate surface area is 140 Å². The number of benzene rings is 1. The van der Waals surface area contributed by atoms with Gasteiger partial charge in [-0.25, -0.2) is 10.8 Å². The van der Waals surface area contributed by atoms with E-state index in [2.05, 4.69) is 47.3 Å². The molecular formula is C10H6Br2ClN5O3. The lowest BCUT2D eigenvalue weighted by atomic mass is 10.3. The van der Waals surface area contributed by atoms with Crippen LogP contribution in [0.1, 0.15) is 0 Å². The zero-order valence-electron chi connectivity index (χ0n) is 10.0. The lowest BCUT2D eigenvalue weighted by molar-refractivity contribution is -0.385. The normalized spacial score (nSPS) is 10.3. The van der Waals surface area contributed by atoms with Crippen molar-refractivity contribution < 1.29 is 9.66 Å². The summed E-state index contributed by atoms with van der Waals surface area (Å²) in [5, 5.41) is 10.9. The van der Waals surface area contributed by atoms with Crippen LogP contribution in [0.4, 0.5) is 11.6 Å². The van der Waals surface area contributed by atoms with Crippen LogP contribution in [-0.4, -0.2) is 14.9 Å². The second kappa shape index (κ2) is 6.52. The Balaban J connectivity index is 2.42. The largest absolute Gasteiger partial charge is 0.435 e. The number of nitro groups is 1. The van der Waals surface area contributed by atoms with Gasteiger partial charge in [0.05, 0.1) is 20.1 Å². The van der Waals surface area contributed by atoms with E-state index in [9.17, 15) is 10.1 Å². The number of anilines is 1. The monoisotopic (exact) mass is 437 g/mol. The smallest absolute Gasteiger partial charge is 0.271 e. The summed E-state index contributed by atoms with van der Waals surface area (Å²) in [5.41, 5.74) is 2.16. The first-order chi connectivity index (χ1) is 9.92. The highest BCUT2D eigenvalue weighted by molar-refractivity contribution is 9.11. The van der Waals surface area contributed by atoms with Gasteiger partial charge in [-0.15, -0.1) is 0 Å². The van der Waals surface area contributed by atoms with Gasteiger partial charge in [0, 0.05) is 12.1 Å². The molecule has 110 valence electrons. The number of hydrogen-bond donors (Lipinski definition) is 2. The summed E-state index contributed by atoms with van der Waals surface area (Å²) in [6.45, 7) is 0. The first-order valence-electron chi connectivity index (χ1n) is 5.23. The molecule has 0 aliphatic carbocycles. The fourth-order valence-corrected chi connectivity index (χ4v) is 2.79. The number of aromatic nitrogens is 2. The predicted octanol–water partition coefficient (Wildman–Crippen LogP) is 3.64. The third kappa shape index (κ3) is 3.59. The third-order valence-electron chi connectivity index (χ3n) is 2.23. The van der Waals surface area contributed by atoms with Crippen LogP contribution < -0.4 is 16.0 Å². The summed E-state index contributed by atoms with van der Waals surface area (Å²) in [4.78, 5) is 18.0. The maximum absolute atomic E-state index is 10.8. The van der Waals surface area contributed by atoms with E-state index >= 15 is 0 Å². The first kappa shape index (κ1) is 15.9. The van der Waals surface area contributed by atoms with Gasteiger partial charge in [-0.1, -0.05) is 11.6 Å². The summed E-state index contributed by atoms with van der Waals surface area (Å²) < 4.78 is 6.28. The molecule has 0 aliphatic rings. The molecule has 2 aromatic rings. The number of nitrogens with two attached hydrogens (primary N) is 1. The molecule has 11 heteroatoms. The SMILES string of the molecule is NNc1ncc(Cl)c(Oc2c(Br)cc([N+](=O)[O-])cc2Br)n1. The fraction of sp³-hybridized carbons (Fsp3) is 0. The standard InChI is InChI=1S/C10H6Br2ClN5O3/c11-5-1-4(18(19)20)2-6(12)8(5)21-9-7(13)3-15-10(16-9)17-14/h1-3H,14H2,(H,15,16,17). The second-order valence-corrected chi connectivity index (χ2v) is 5.70. The molecule has 0 saturated heterocycles. The zero-order valence-corrected chi connectivity index (χ0v) is 13.9. The van der Waals surface area contributed by atoms with Crippen LogP contribution in [-0.2, 0) is 0 Å². The highest BCUT2D eigenvalue weighted by Crippen LogP contribution is 2.40. The number of rotatable bonds is 4. The van der Waals surface area contributed by atoms with Gasteiger partial charge in [-0.3, -0.25) is 15.5 Å². The second-order valence-electron chi connectivity index (χ2n) is 3.59. The summed E-state index contributed by atoms with van der Waals surface area (Å²) in [6.07, 6.45) is 1.31. The van der Waals surface area contributed by atoms with Crippen molar-refractivity contribution in [3.8, 4) is 11.6 Å².